The van der Waals surface area contributed by atoms with Gasteiger partial charge in [-0.25, -0.2) is 4.79 Å². The molecule has 7 nitrogen and oxygen atoms in total. The third-order valence-corrected chi connectivity index (χ3v) is 4.41. The third kappa shape index (κ3) is 6.61. The van der Waals surface area contributed by atoms with Gasteiger partial charge in [0.2, 0.25) is 0 Å². The number of methoxy groups -OCH3 is 1. The van der Waals surface area contributed by atoms with Crippen LogP contribution in [0.2, 0.25) is 0 Å². The summed E-state index contributed by atoms with van der Waals surface area (Å²) in [5.41, 5.74) is 2.54. The number of benzene rings is 2. The number of hydrogen-bond donors (Lipinski definition) is 1. The minimum absolute atomic E-state index is 0.0394. The molecule has 2 aromatic rings. The average molecular weight is 422 g/mol. The van der Waals surface area contributed by atoms with E-state index in [4.69, 9.17) is 14.2 Å². The van der Waals surface area contributed by atoms with E-state index in [1.165, 1.54) is 19.3 Å². The van der Waals surface area contributed by atoms with Crippen LogP contribution >= 0.6 is 0 Å². The van der Waals surface area contributed by atoms with Gasteiger partial charge in [0, 0.05) is 6.04 Å². The first-order chi connectivity index (χ1) is 14.7. The summed E-state index contributed by atoms with van der Waals surface area (Å²) in [5, 5.41) is 11.9. The van der Waals surface area contributed by atoms with Crippen molar-refractivity contribution in [1.29, 1.82) is 5.26 Å². The largest absolute Gasteiger partial charge is 0.493 e. The Balaban J connectivity index is 2.11. The molecule has 0 saturated carbocycles. The second-order valence-corrected chi connectivity index (χ2v) is 7.17. The third-order valence-electron chi connectivity index (χ3n) is 4.41. The van der Waals surface area contributed by atoms with Crippen molar-refractivity contribution in [3.63, 3.8) is 0 Å². The van der Waals surface area contributed by atoms with Gasteiger partial charge in [0.25, 0.3) is 5.91 Å². The minimum Gasteiger partial charge on any atom is -0.493 e. The number of esters is 1. The Morgan fingerprint density at radius 1 is 1.13 bits per heavy atom. The first kappa shape index (κ1) is 23.5. The lowest BCUT2D eigenvalue weighted by molar-refractivity contribution is -0.136. The predicted octanol–water partition coefficient (Wildman–Crippen LogP) is 3.73. The molecule has 0 heterocycles. The van der Waals surface area contributed by atoms with E-state index >= 15 is 0 Å². The molecule has 0 radical (unpaired) electrons. The molecule has 0 atom stereocenters. The van der Waals surface area contributed by atoms with Gasteiger partial charge in [-0.3, -0.25) is 4.79 Å². The fraction of sp³-hybridized carbons (Fsp3) is 0.292. The number of carbonyl (C=O) groups excluding carboxylic acids is 2. The van der Waals surface area contributed by atoms with Crippen molar-refractivity contribution in [2.24, 2.45) is 0 Å². The molecule has 0 unspecified atom stereocenters. The lowest BCUT2D eigenvalue weighted by atomic mass is 10.1. The van der Waals surface area contributed by atoms with Crippen LogP contribution in [0.5, 0.6) is 17.2 Å². The van der Waals surface area contributed by atoms with Crippen LogP contribution in [0.1, 0.15) is 30.5 Å². The lowest BCUT2D eigenvalue weighted by Crippen LogP contribution is -2.30. The summed E-state index contributed by atoms with van der Waals surface area (Å²) in [6, 6.07) is 12.1. The van der Waals surface area contributed by atoms with E-state index in [1.54, 1.807) is 18.2 Å². The number of nitrogens with one attached hydrogen (secondary N) is 1. The maximum absolute atomic E-state index is 12.2. The quantitative estimate of drug-likeness (QED) is 0.301. The summed E-state index contributed by atoms with van der Waals surface area (Å²) in [7, 11) is 1.43. The maximum Gasteiger partial charge on any atom is 0.349 e. The van der Waals surface area contributed by atoms with Gasteiger partial charge in [-0.2, -0.15) is 5.26 Å². The van der Waals surface area contributed by atoms with Crippen LogP contribution in [-0.2, 0) is 9.59 Å². The van der Waals surface area contributed by atoms with Gasteiger partial charge in [-0.05, 0) is 68.7 Å². The number of nitrogens with zero attached hydrogens (tertiary/aromatic N) is 1. The normalized spacial score (nSPS) is 10.9. The van der Waals surface area contributed by atoms with Gasteiger partial charge in [0.1, 0.15) is 17.4 Å². The van der Waals surface area contributed by atoms with Gasteiger partial charge in [-0.1, -0.05) is 18.2 Å². The van der Waals surface area contributed by atoms with Crippen molar-refractivity contribution in [2.45, 2.75) is 33.7 Å². The molecule has 0 fully saturated rings. The Bertz CT molecular complexity index is 1030. The molecule has 1 N–H and O–H groups in total. The molecular formula is C24H26N2O5. The second-order valence-electron chi connectivity index (χ2n) is 7.17. The fourth-order valence-electron chi connectivity index (χ4n) is 2.68. The molecule has 0 aliphatic heterocycles. The van der Waals surface area contributed by atoms with Crippen molar-refractivity contribution in [2.75, 3.05) is 13.7 Å². The van der Waals surface area contributed by atoms with Gasteiger partial charge >= 0.3 is 5.97 Å². The van der Waals surface area contributed by atoms with Crippen molar-refractivity contribution in [3.05, 3.63) is 58.7 Å². The first-order valence-electron chi connectivity index (χ1n) is 9.75. The Morgan fingerprint density at radius 3 is 2.52 bits per heavy atom. The zero-order valence-electron chi connectivity index (χ0n) is 18.3. The predicted molar refractivity (Wildman–Crippen MR) is 117 cm³/mol. The SMILES string of the molecule is COc1cc(/C=C(\C#N)C(=O)NC(C)C)ccc1OC(=O)COc1cccc(C)c1C. The first-order valence-corrected chi connectivity index (χ1v) is 9.75. The monoisotopic (exact) mass is 422 g/mol. The molecule has 31 heavy (non-hydrogen) atoms. The van der Waals surface area contributed by atoms with E-state index in [2.05, 4.69) is 5.32 Å². The minimum atomic E-state index is -0.587. The molecule has 0 aliphatic carbocycles. The van der Waals surface area contributed by atoms with Crippen LogP contribution in [0.3, 0.4) is 0 Å². The molecule has 0 spiro atoms. The van der Waals surface area contributed by atoms with E-state index in [0.29, 0.717) is 11.3 Å². The number of carbonyl (C=O) groups is 2. The molecule has 0 aliphatic rings. The molecule has 7 heteroatoms. The molecule has 2 rings (SSSR count). The average Bonchev–Trinajstić information content (AvgIpc) is 2.73. The zero-order valence-corrected chi connectivity index (χ0v) is 18.3. The topological polar surface area (TPSA) is 97.6 Å². The number of aryl methyl sites for hydroxylation is 1. The molecule has 0 bridgehead atoms. The van der Waals surface area contributed by atoms with Crippen LogP contribution in [0.4, 0.5) is 0 Å². The number of hydrogen-bond acceptors (Lipinski definition) is 6. The Hall–Kier alpha value is -3.79. The van der Waals surface area contributed by atoms with Crippen molar-refractivity contribution < 1.29 is 23.8 Å². The van der Waals surface area contributed by atoms with E-state index in [-0.39, 0.29) is 29.7 Å². The van der Waals surface area contributed by atoms with E-state index in [9.17, 15) is 14.9 Å². The van der Waals surface area contributed by atoms with Crippen LogP contribution in [-0.4, -0.2) is 31.6 Å². The number of rotatable bonds is 8. The lowest BCUT2D eigenvalue weighted by Gasteiger charge is -2.12. The van der Waals surface area contributed by atoms with Crippen molar-refractivity contribution >= 4 is 18.0 Å². The van der Waals surface area contributed by atoms with Gasteiger partial charge in [0.05, 0.1) is 7.11 Å². The van der Waals surface area contributed by atoms with Gasteiger partial charge in [0.15, 0.2) is 18.1 Å². The number of amides is 1. The standard InChI is InChI=1S/C24H26N2O5/c1-15(2)26-24(28)19(13-25)11-18-9-10-21(22(12-18)29-5)31-23(27)14-30-20-8-6-7-16(3)17(20)4/h6-12,15H,14H2,1-5H3,(H,26,28)/b19-11+. The fourth-order valence-corrected chi connectivity index (χ4v) is 2.68. The van der Waals surface area contributed by atoms with Crippen molar-refractivity contribution in [3.8, 4) is 23.3 Å². The molecular weight excluding hydrogens is 396 g/mol. The highest BCUT2D eigenvalue weighted by Crippen LogP contribution is 2.29. The van der Waals surface area contributed by atoms with Crippen molar-refractivity contribution in [1.82, 2.24) is 5.32 Å². The summed E-state index contributed by atoms with van der Waals surface area (Å²) in [4.78, 5) is 24.3. The number of nitriles is 1. The summed E-state index contributed by atoms with van der Waals surface area (Å²) in [6.07, 6.45) is 1.44. The van der Waals surface area contributed by atoms with E-state index < -0.39 is 11.9 Å². The van der Waals surface area contributed by atoms with Gasteiger partial charge in [-0.15, -0.1) is 0 Å². The highest BCUT2D eigenvalue weighted by molar-refractivity contribution is 6.01. The highest BCUT2D eigenvalue weighted by atomic mass is 16.6. The van der Waals surface area contributed by atoms with Crippen LogP contribution in [0, 0.1) is 25.2 Å². The zero-order chi connectivity index (χ0) is 23.0. The number of ether oxygens (including phenoxy) is 3. The Kier molecular flexibility index (Phi) is 8.21. The Morgan fingerprint density at radius 2 is 1.87 bits per heavy atom. The summed E-state index contributed by atoms with van der Waals surface area (Å²) >= 11 is 0. The summed E-state index contributed by atoms with van der Waals surface area (Å²) in [5.74, 6) is 0.0648. The highest BCUT2D eigenvalue weighted by Gasteiger charge is 2.14. The second kappa shape index (κ2) is 10.8. The van der Waals surface area contributed by atoms with E-state index in [0.717, 1.165) is 11.1 Å². The summed E-state index contributed by atoms with van der Waals surface area (Å²) < 4.78 is 16.2. The molecule has 0 aromatic heterocycles. The molecule has 162 valence electrons. The maximum atomic E-state index is 12.2. The Labute approximate surface area is 182 Å². The smallest absolute Gasteiger partial charge is 0.349 e. The molecule has 1 amide bonds. The van der Waals surface area contributed by atoms with Crippen LogP contribution in [0.15, 0.2) is 42.0 Å². The molecule has 2 aromatic carbocycles. The van der Waals surface area contributed by atoms with E-state index in [1.807, 2.05) is 45.9 Å². The van der Waals surface area contributed by atoms with Gasteiger partial charge < -0.3 is 19.5 Å². The molecule has 0 saturated heterocycles. The summed E-state index contributed by atoms with van der Waals surface area (Å²) in [6.45, 7) is 7.24. The van der Waals surface area contributed by atoms with Crippen LogP contribution < -0.4 is 19.5 Å². The van der Waals surface area contributed by atoms with Crippen LogP contribution in [0.25, 0.3) is 6.08 Å².